The lowest BCUT2D eigenvalue weighted by Gasteiger charge is -2.10. The van der Waals surface area contributed by atoms with Gasteiger partial charge in [0.2, 0.25) is 0 Å². The quantitative estimate of drug-likeness (QED) is 0.749. The maximum absolute atomic E-state index is 12.8. The molecule has 0 saturated heterocycles. The molecule has 0 saturated carbocycles. The van der Waals surface area contributed by atoms with Gasteiger partial charge in [-0.25, -0.2) is 9.18 Å². The van der Waals surface area contributed by atoms with Crippen molar-refractivity contribution in [2.24, 2.45) is 0 Å². The molecule has 0 aromatic heterocycles. The van der Waals surface area contributed by atoms with Gasteiger partial charge < -0.3 is 20.9 Å². The SMILES string of the molecule is Nc1ccc(Oc2ccc(F)cc2)cc1CNC(=O)O. The molecule has 104 valence electrons. The first kappa shape index (κ1) is 13.7. The Morgan fingerprint density at radius 1 is 1.20 bits per heavy atom. The number of anilines is 1. The van der Waals surface area contributed by atoms with Gasteiger partial charge in [0.1, 0.15) is 17.3 Å². The molecule has 0 atom stereocenters. The number of nitrogens with two attached hydrogens (primary N) is 1. The van der Waals surface area contributed by atoms with Gasteiger partial charge in [-0.3, -0.25) is 0 Å². The fourth-order valence-corrected chi connectivity index (χ4v) is 1.61. The number of rotatable bonds is 4. The largest absolute Gasteiger partial charge is 0.465 e. The lowest BCUT2D eigenvalue weighted by atomic mass is 10.1. The Hall–Kier alpha value is -2.76. The van der Waals surface area contributed by atoms with Crippen LogP contribution in [-0.4, -0.2) is 11.2 Å². The van der Waals surface area contributed by atoms with Crippen molar-refractivity contribution in [3.05, 3.63) is 53.8 Å². The van der Waals surface area contributed by atoms with E-state index in [1.807, 2.05) is 0 Å². The smallest absolute Gasteiger partial charge is 0.404 e. The molecule has 0 fully saturated rings. The highest BCUT2D eigenvalue weighted by atomic mass is 19.1. The van der Waals surface area contributed by atoms with Crippen LogP contribution in [0.1, 0.15) is 5.56 Å². The number of amides is 1. The fraction of sp³-hybridized carbons (Fsp3) is 0.0714. The Labute approximate surface area is 114 Å². The average Bonchev–Trinajstić information content (AvgIpc) is 2.42. The molecule has 20 heavy (non-hydrogen) atoms. The van der Waals surface area contributed by atoms with Crippen LogP contribution in [-0.2, 0) is 6.54 Å². The van der Waals surface area contributed by atoms with Crippen molar-refractivity contribution < 1.29 is 19.0 Å². The molecule has 0 radical (unpaired) electrons. The predicted molar refractivity (Wildman–Crippen MR) is 72.2 cm³/mol. The van der Waals surface area contributed by atoms with Gasteiger partial charge in [-0.2, -0.15) is 0 Å². The molecule has 0 heterocycles. The number of hydrogen-bond acceptors (Lipinski definition) is 3. The fourth-order valence-electron chi connectivity index (χ4n) is 1.61. The Balaban J connectivity index is 2.14. The third-order valence-corrected chi connectivity index (χ3v) is 2.59. The van der Waals surface area contributed by atoms with Crippen molar-refractivity contribution in [1.82, 2.24) is 5.32 Å². The highest BCUT2D eigenvalue weighted by molar-refractivity contribution is 5.65. The molecule has 4 N–H and O–H groups in total. The number of carbonyl (C=O) groups is 1. The van der Waals surface area contributed by atoms with Gasteiger partial charge in [-0.1, -0.05) is 0 Å². The van der Waals surface area contributed by atoms with Crippen LogP contribution in [0, 0.1) is 5.82 Å². The van der Waals surface area contributed by atoms with E-state index >= 15 is 0 Å². The summed E-state index contributed by atoms with van der Waals surface area (Å²) in [5, 5.41) is 10.8. The van der Waals surface area contributed by atoms with Crippen LogP contribution in [0.2, 0.25) is 0 Å². The minimum absolute atomic E-state index is 0.0851. The van der Waals surface area contributed by atoms with Crippen molar-refractivity contribution in [2.75, 3.05) is 5.73 Å². The molecule has 6 heteroatoms. The van der Waals surface area contributed by atoms with Crippen molar-refractivity contribution in [2.45, 2.75) is 6.54 Å². The second kappa shape index (κ2) is 5.92. The third kappa shape index (κ3) is 3.61. The van der Waals surface area contributed by atoms with E-state index in [1.165, 1.54) is 24.3 Å². The first-order valence-electron chi connectivity index (χ1n) is 5.83. The number of halogens is 1. The molecule has 0 aliphatic carbocycles. The van der Waals surface area contributed by atoms with Crippen LogP contribution in [0.15, 0.2) is 42.5 Å². The molecule has 0 aliphatic heterocycles. The predicted octanol–water partition coefficient (Wildman–Crippen LogP) is 2.97. The van der Waals surface area contributed by atoms with Crippen molar-refractivity contribution in [3.8, 4) is 11.5 Å². The molecule has 2 aromatic carbocycles. The second-order valence-electron chi connectivity index (χ2n) is 4.08. The van der Waals surface area contributed by atoms with Gasteiger partial charge in [0.25, 0.3) is 0 Å². The zero-order valence-electron chi connectivity index (χ0n) is 10.5. The van der Waals surface area contributed by atoms with E-state index in [0.717, 1.165) is 0 Å². The maximum Gasteiger partial charge on any atom is 0.404 e. The van der Waals surface area contributed by atoms with Crippen molar-refractivity contribution in [3.63, 3.8) is 0 Å². The van der Waals surface area contributed by atoms with Gasteiger partial charge in [0, 0.05) is 12.2 Å². The zero-order valence-corrected chi connectivity index (χ0v) is 10.5. The van der Waals surface area contributed by atoms with Crippen LogP contribution in [0.3, 0.4) is 0 Å². The van der Waals surface area contributed by atoms with E-state index in [-0.39, 0.29) is 12.4 Å². The lowest BCUT2D eigenvalue weighted by molar-refractivity contribution is 0.194. The Bertz CT molecular complexity index is 614. The normalized spacial score (nSPS) is 10.1. The molecule has 0 unspecified atom stereocenters. The standard InChI is InChI=1S/C14H13FN2O3/c15-10-1-3-11(4-2-10)20-12-5-6-13(16)9(7-12)8-17-14(18)19/h1-7,17H,8,16H2,(H,18,19). The molecular weight excluding hydrogens is 263 g/mol. The molecule has 2 rings (SSSR count). The lowest BCUT2D eigenvalue weighted by Crippen LogP contribution is -2.20. The molecule has 0 spiro atoms. The maximum atomic E-state index is 12.8. The van der Waals surface area contributed by atoms with E-state index in [1.54, 1.807) is 18.2 Å². The molecule has 5 nitrogen and oxygen atoms in total. The van der Waals surface area contributed by atoms with E-state index in [0.29, 0.717) is 22.7 Å². The van der Waals surface area contributed by atoms with Gasteiger partial charge in [-0.15, -0.1) is 0 Å². The van der Waals surface area contributed by atoms with Gasteiger partial charge in [-0.05, 0) is 48.0 Å². The molecule has 0 aliphatic rings. The average molecular weight is 276 g/mol. The number of carboxylic acid groups (broad SMARTS) is 1. The summed E-state index contributed by atoms with van der Waals surface area (Å²) in [5.41, 5.74) is 6.82. The van der Waals surface area contributed by atoms with E-state index < -0.39 is 6.09 Å². The highest BCUT2D eigenvalue weighted by Gasteiger charge is 2.05. The number of hydrogen-bond donors (Lipinski definition) is 3. The van der Waals surface area contributed by atoms with Crippen molar-refractivity contribution >= 4 is 11.8 Å². The molecule has 0 bridgehead atoms. The minimum atomic E-state index is -1.13. The van der Waals surface area contributed by atoms with E-state index in [9.17, 15) is 9.18 Å². The third-order valence-electron chi connectivity index (χ3n) is 2.59. The molecular formula is C14H13FN2O3. The van der Waals surface area contributed by atoms with Crippen LogP contribution < -0.4 is 15.8 Å². The van der Waals surface area contributed by atoms with Crippen LogP contribution in [0.5, 0.6) is 11.5 Å². The first-order valence-corrected chi connectivity index (χ1v) is 5.83. The summed E-state index contributed by atoms with van der Waals surface area (Å²) in [6.45, 7) is 0.0851. The van der Waals surface area contributed by atoms with Crippen LogP contribution >= 0.6 is 0 Å². The summed E-state index contributed by atoms with van der Waals surface area (Å²) < 4.78 is 18.3. The summed E-state index contributed by atoms with van der Waals surface area (Å²) in [4.78, 5) is 10.5. The second-order valence-corrected chi connectivity index (χ2v) is 4.08. The Morgan fingerprint density at radius 3 is 2.50 bits per heavy atom. The summed E-state index contributed by atoms with van der Waals surface area (Å²) in [6.07, 6.45) is -1.13. The topological polar surface area (TPSA) is 84.6 Å². The first-order chi connectivity index (χ1) is 9.54. The summed E-state index contributed by atoms with van der Waals surface area (Å²) in [7, 11) is 0. The van der Waals surface area contributed by atoms with Crippen LogP contribution in [0.25, 0.3) is 0 Å². The van der Waals surface area contributed by atoms with Gasteiger partial charge in [0.05, 0.1) is 0 Å². The summed E-state index contributed by atoms with van der Waals surface area (Å²) in [5.74, 6) is 0.627. The minimum Gasteiger partial charge on any atom is -0.465 e. The van der Waals surface area contributed by atoms with E-state index in [4.69, 9.17) is 15.6 Å². The summed E-state index contributed by atoms with van der Waals surface area (Å²) >= 11 is 0. The van der Waals surface area contributed by atoms with Crippen molar-refractivity contribution in [1.29, 1.82) is 0 Å². The number of nitrogen functional groups attached to an aromatic ring is 1. The summed E-state index contributed by atoms with van der Waals surface area (Å²) in [6, 6.07) is 10.5. The Kier molecular flexibility index (Phi) is 4.05. The highest BCUT2D eigenvalue weighted by Crippen LogP contribution is 2.25. The Morgan fingerprint density at radius 2 is 1.85 bits per heavy atom. The molecule has 1 amide bonds. The monoisotopic (exact) mass is 276 g/mol. The van der Waals surface area contributed by atoms with Crippen LogP contribution in [0.4, 0.5) is 14.9 Å². The van der Waals surface area contributed by atoms with Gasteiger partial charge in [0.15, 0.2) is 0 Å². The van der Waals surface area contributed by atoms with E-state index in [2.05, 4.69) is 5.32 Å². The zero-order chi connectivity index (χ0) is 14.5. The number of nitrogens with one attached hydrogen (secondary N) is 1. The number of ether oxygens (including phenoxy) is 1. The molecule has 2 aromatic rings. The van der Waals surface area contributed by atoms with Gasteiger partial charge >= 0.3 is 6.09 Å². The number of benzene rings is 2.